The standard InChI is InChI=1S/C11H15Br2NO2S/c1-4-16-11(15)9(14-6(2)3)8-5-7(12)10(13)17-8/h5-6,9,14H,4H2,1-3H3. The second kappa shape index (κ2) is 6.87. The summed E-state index contributed by atoms with van der Waals surface area (Å²) in [5.41, 5.74) is 0. The summed E-state index contributed by atoms with van der Waals surface area (Å²) < 4.78 is 7.02. The van der Waals surface area contributed by atoms with Crippen molar-refractivity contribution in [3.05, 3.63) is 19.2 Å². The second-order valence-corrected chi connectivity index (χ2v) is 7.03. The zero-order chi connectivity index (χ0) is 13.0. The molecule has 0 aliphatic rings. The average molecular weight is 385 g/mol. The number of rotatable bonds is 5. The van der Waals surface area contributed by atoms with E-state index in [1.54, 1.807) is 0 Å². The van der Waals surface area contributed by atoms with Gasteiger partial charge in [0, 0.05) is 15.4 Å². The van der Waals surface area contributed by atoms with E-state index in [2.05, 4.69) is 37.2 Å². The molecule has 1 unspecified atom stereocenters. The van der Waals surface area contributed by atoms with Gasteiger partial charge in [-0.1, -0.05) is 0 Å². The molecule has 17 heavy (non-hydrogen) atoms. The average Bonchev–Trinajstić information content (AvgIpc) is 2.55. The van der Waals surface area contributed by atoms with Crippen LogP contribution >= 0.6 is 43.2 Å². The van der Waals surface area contributed by atoms with Crippen LogP contribution in [0, 0.1) is 0 Å². The number of carbonyl (C=O) groups excluding carboxylic acids is 1. The Labute approximate surface area is 122 Å². The van der Waals surface area contributed by atoms with Crippen LogP contribution < -0.4 is 5.32 Å². The summed E-state index contributed by atoms with van der Waals surface area (Å²) in [7, 11) is 0. The molecule has 0 bridgehead atoms. The molecule has 0 fully saturated rings. The Morgan fingerprint density at radius 2 is 2.18 bits per heavy atom. The van der Waals surface area contributed by atoms with Crippen LogP contribution in [0.1, 0.15) is 31.7 Å². The number of thiophene rings is 1. The molecule has 0 amide bonds. The lowest BCUT2D eigenvalue weighted by Crippen LogP contribution is -2.34. The van der Waals surface area contributed by atoms with E-state index in [1.807, 2.05) is 26.8 Å². The first-order chi connectivity index (χ1) is 7.95. The molecule has 6 heteroatoms. The second-order valence-electron chi connectivity index (χ2n) is 3.78. The number of carbonyl (C=O) groups is 1. The van der Waals surface area contributed by atoms with Crippen molar-refractivity contribution in [2.75, 3.05) is 6.61 Å². The van der Waals surface area contributed by atoms with Crippen molar-refractivity contribution in [2.24, 2.45) is 0 Å². The Morgan fingerprint density at radius 1 is 1.53 bits per heavy atom. The molecule has 0 spiro atoms. The van der Waals surface area contributed by atoms with Gasteiger partial charge in [0.25, 0.3) is 0 Å². The molecule has 1 atom stereocenters. The van der Waals surface area contributed by atoms with Gasteiger partial charge in [-0.2, -0.15) is 0 Å². The van der Waals surface area contributed by atoms with E-state index in [4.69, 9.17) is 4.74 Å². The first-order valence-electron chi connectivity index (χ1n) is 5.33. The zero-order valence-corrected chi connectivity index (χ0v) is 13.9. The first kappa shape index (κ1) is 15.1. The van der Waals surface area contributed by atoms with Crippen molar-refractivity contribution in [1.82, 2.24) is 5.32 Å². The molecule has 3 nitrogen and oxygen atoms in total. The van der Waals surface area contributed by atoms with E-state index in [-0.39, 0.29) is 12.0 Å². The smallest absolute Gasteiger partial charge is 0.328 e. The van der Waals surface area contributed by atoms with Gasteiger partial charge in [0.15, 0.2) is 0 Å². The van der Waals surface area contributed by atoms with Crippen LogP contribution in [0.3, 0.4) is 0 Å². The summed E-state index contributed by atoms with van der Waals surface area (Å²) in [4.78, 5) is 12.8. The van der Waals surface area contributed by atoms with Gasteiger partial charge in [-0.25, -0.2) is 4.79 Å². The molecule has 1 aromatic heterocycles. The Balaban J connectivity index is 2.93. The van der Waals surface area contributed by atoms with Gasteiger partial charge in [0.05, 0.1) is 10.4 Å². The molecule has 1 heterocycles. The number of nitrogens with one attached hydrogen (secondary N) is 1. The van der Waals surface area contributed by atoms with Crippen molar-refractivity contribution in [3.63, 3.8) is 0 Å². The minimum atomic E-state index is -0.400. The van der Waals surface area contributed by atoms with Crippen LogP contribution in [0.15, 0.2) is 14.3 Å². The maximum atomic E-state index is 11.9. The number of hydrogen-bond donors (Lipinski definition) is 1. The van der Waals surface area contributed by atoms with Gasteiger partial charge >= 0.3 is 5.97 Å². The molecular weight excluding hydrogens is 370 g/mol. The number of esters is 1. The van der Waals surface area contributed by atoms with Crippen molar-refractivity contribution >= 4 is 49.2 Å². The van der Waals surface area contributed by atoms with Gasteiger partial charge in [0.1, 0.15) is 6.04 Å². The fourth-order valence-corrected chi connectivity index (χ4v) is 3.47. The third-order valence-electron chi connectivity index (χ3n) is 1.97. The maximum Gasteiger partial charge on any atom is 0.328 e. The summed E-state index contributed by atoms with van der Waals surface area (Å²) in [6, 6.07) is 1.75. The predicted molar refractivity (Wildman–Crippen MR) is 77.4 cm³/mol. The van der Waals surface area contributed by atoms with Crippen LogP contribution in [0.2, 0.25) is 0 Å². The Morgan fingerprint density at radius 3 is 2.59 bits per heavy atom. The maximum absolute atomic E-state index is 11.9. The molecule has 0 aliphatic heterocycles. The van der Waals surface area contributed by atoms with E-state index >= 15 is 0 Å². The van der Waals surface area contributed by atoms with Crippen LogP contribution in [-0.2, 0) is 9.53 Å². The van der Waals surface area contributed by atoms with Gasteiger partial charge in [-0.3, -0.25) is 5.32 Å². The highest BCUT2D eigenvalue weighted by Crippen LogP contribution is 2.36. The lowest BCUT2D eigenvalue weighted by Gasteiger charge is -2.18. The minimum Gasteiger partial charge on any atom is -0.465 e. The Bertz CT molecular complexity index is 373. The molecule has 0 aliphatic carbocycles. The van der Waals surface area contributed by atoms with Crippen LogP contribution in [-0.4, -0.2) is 18.6 Å². The van der Waals surface area contributed by atoms with Crippen molar-refractivity contribution in [2.45, 2.75) is 32.9 Å². The van der Waals surface area contributed by atoms with Gasteiger partial charge in [0.2, 0.25) is 0 Å². The summed E-state index contributed by atoms with van der Waals surface area (Å²) in [6.45, 7) is 6.21. The highest BCUT2D eigenvalue weighted by atomic mass is 79.9. The largest absolute Gasteiger partial charge is 0.465 e. The van der Waals surface area contributed by atoms with Crippen molar-refractivity contribution in [1.29, 1.82) is 0 Å². The Kier molecular flexibility index (Phi) is 6.12. The third-order valence-corrected chi connectivity index (χ3v) is 5.29. The zero-order valence-electron chi connectivity index (χ0n) is 9.92. The summed E-state index contributed by atoms with van der Waals surface area (Å²) in [5.74, 6) is -0.234. The summed E-state index contributed by atoms with van der Waals surface area (Å²) >= 11 is 8.38. The molecule has 1 N–H and O–H groups in total. The number of halogens is 2. The topological polar surface area (TPSA) is 38.3 Å². The van der Waals surface area contributed by atoms with Crippen LogP contribution in [0.5, 0.6) is 0 Å². The fraction of sp³-hybridized carbons (Fsp3) is 0.545. The number of ether oxygens (including phenoxy) is 1. The molecule has 0 aromatic carbocycles. The fourth-order valence-electron chi connectivity index (χ4n) is 1.33. The van der Waals surface area contributed by atoms with Crippen molar-refractivity contribution in [3.8, 4) is 0 Å². The SMILES string of the molecule is CCOC(=O)C(NC(C)C)c1cc(Br)c(Br)s1. The van der Waals surface area contributed by atoms with Gasteiger partial charge in [-0.15, -0.1) is 11.3 Å². The van der Waals surface area contributed by atoms with E-state index in [9.17, 15) is 4.79 Å². The summed E-state index contributed by atoms with van der Waals surface area (Å²) in [6.07, 6.45) is 0. The van der Waals surface area contributed by atoms with Crippen molar-refractivity contribution < 1.29 is 9.53 Å². The Hall–Kier alpha value is 0.0900. The first-order valence-corrected chi connectivity index (χ1v) is 7.73. The lowest BCUT2D eigenvalue weighted by molar-refractivity contribution is -0.146. The monoisotopic (exact) mass is 383 g/mol. The molecule has 0 saturated heterocycles. The molecule has 0 saturated carbocycles. The quantitative estimate of drug-likeness (QED) is 0.783. The van der Waals surface area contributed by atoms with E-state index in [0.29, 0.717) is 6.61 Å². The number of hydrogen-bond acceptors (Lipinski definition) is 4. The van der Waals surface area contributed by atoms with E-state index in [0.717, 1.165) is 13.1 Å². The molecule has 1 rings (SSSR count). The molecule has 0 radical (unpaired) electrons. The third kappa shape index (κ3) is 4.35. The van der Waals surface area contributed by atoms with Gasteiger partial charge < -0.3 is 4.74 Å². The summed E-state index contributed by atoms with van der Waals surface area (Å²) in [5, 5.41) is 3.22. The molecule has 96 valence electrons. The predicted octanol–water partition coefficient (Wildman–Crippen LogP) is 3.88. The van der Waals surface area contributed by atoms with Gasteiger partial charge in [-0.05, 0) is 58.7 Å². The van der Waals surface area contributed by atoms with E-state index in [1.165, 1.54) is 11.3 Å². The lowest BCUT2D eigenvalue weighted by atomic mass is 10.2. The van der Waals surface area contributed by atoms with Crippen LogP contribution in [0.25, 0.3) is 0 Å². The highest BCUT2D eigenvalue weighted by Gasteiger charge is 2.25. The normalized spacial score (nSPS) is 12.8. The molecule has 1 aromatic rings. The molecular formula is C11H15Br2NO2S. The van der Waals surface area contributed by atoms with E-state index < -0.39 is 6.04 Å². The minimum absolute atomic E-state index is 0.212. The van der Waals surface area contributed by atoms with Crippen LogP contribution in [0.4, 0.5) is 0 Å². The highest BCUT2D eigenvalue weighted by molar-refractivity contribution is 9.13.